The molecule has 0 aliphatic carbocycles. The molecule has 0 aromatic heterocycles. The summed E-state index contributed by atoms with van der Waals surface area (Å²) >= 11 is 0. The standard InChI is InChI=1S/C17H19N3O11S3/c1-20(2)14-4-3-5-15(33(25,26)27)16(14)19-18-13-10-11(6-7-12(13)17(21)22)32(23,24)9-8-31-34(28,29)30/h3-7,10H,8-9H2,1-2H3,(H,21,22)(H,25,26,27)(H,28,29,30)/b19-18+. The Labute approximate surface area is 195 Å². The van der Waals surface area contributed by atoms with Crippen LogP contribution in [0.4, 0.5) is 17.1 Å². The predicted octanol–water partition coefficient (Wildman–Crippen LogP) is 1.71. The molecule has 0 aliphatic heterocycles. The third-order valence-electron chi connectivity index (χ3n) is 4.14. The van der Waals surface area contributed by atoms with E-state index in [1.807, 2.05) is 0 Å². The molecule has 0 heterocycles. The van der Waals surface area contributed by atoms with Gasteiger partial charge in [-0.3, -0.25) is 9.11 Å². The molecular weight excluding hydrogens is 518 g/mol. The summed E-state index contributed by atoms with van der Waals surface area (Å²) in [4.78, 5) is 11.9. The highest BCUT2D eigenvalue weighted by Crippen LogP contribution is 2.36. The minimum atomic E-state index is -4.87. The first-order valence-corrected chi connectivity index (χ1v) is 13.4. The number of carboxylic acid groups (broad SMARTS) is 1. The molecule has 186 valence electrons. The predicted molar refractivity (Wildman–Crippen MR) is 118 cm³/mol. The first-order chi connectivity index (χ1) is 15.5. The Balaban J connectivity index is 2.60. The number of hydrogen-bond acceptors (Lipinski definition) is 11. The van der Waals surface area contributed by atoms with Crippen LogP contribution in [-0.4, -0.2) is 71.9 Å². The molecule has 0 bridgehead atoms. The quantitative estimate of drug-likeness (QED) is 0.291. The molecule has 2 rings (SSSR count). The number of anilines is 1. The van der Waals surface area contributed by atoms with E-state index in [0.29, 0.717) is 0 Å². The lowest BCUT2D eigenvalue weighted by atomic mass is 10.2. The van der Waals surface area contributed by atoms with Gasteiger partial charge in [0.2, 0.25) is 0 Å². The van der Waals surface area contributed by atoms with Crippen LogP contribution in [-0.2, 0) is 34.5 Å². The molecule has 14 nitrogen and oxygen atoms in total. The Morgan fingerprint density at radius 2 is 1.65 bits per heavy atom. The number of rotatable bonds is 10. The van der Waals surface area contributed by atoms with Gasteiger partial charge < -0.3 is 10.0 Å². The van der Waals surface area contributed by atoms with Gasteiger partial charge in [0.1, 0.15) is 16.3 Å². The van der Waals surface area contributed by atoms with Crippen LogP contribution < -0.4 is 4.90 Å². The Kier molecular flexibility index (Phi) is 8.12. The van der Waals surface area contributed by atoms with E-state index >= 15 is 0 Å². The van der Waals surface area contributed by atoms with Crippen molar-refractivity contribution in [2.45, 2.75) is 9.79 Å². The number of carboxylic acids is 1. The molecule has 34 heavy (non-hydrogen) atoms. The lowest BCUT2D eigenvalue weighted by Crippen LogP contribution is -2.15. The van der Waals surface area contributed by atoms with Crippen molar-refractivity contribution in [1.82, 2.24) is 0 Å². The summed E-state index contributed by atoms with van der Waals surface area (Å²) in [5, 5.41) is 16.9. The molecule has 0 atom stereocenters. The largest absolute Gasteiger partial charge is 0.478 e. The fourth-order valence-corrected chi connectivity index (χ4v) is 4.76. The summed E-state index contributed by atoms with van der Waals surface area (Å²) in [5.74, 6) is -2.38. The molecule has 0 saturated carbocycles. The molecule has 0 amide bonds. The molecule has 0 fully saturated rings. The summed E-state index contributed by atoms with van der Waals surface area (Å²) in [6, 6.07) is 6.52. The van der Waals surface area contributed by atoms with Gasteiger partial charge >= 0.3 is 16.4 Å². The van der Waals surface area contributed by atoms with Gasteiger partial charge in [-0.05, 0) is 30.3 Å². The molecule has 2 aromatic carbocycles. The molecule has 3 N–H and O–H groups in total. The van der Waals surface area contributed by atoms with Gasteiger partial charge in [0.05, 0.1) is 28.5 Å². The van der Waals surface area contributed by atoms with Gasteiger partial charge in [-0.2, -0.15) is 16.8 Å². The average Bonchev–Trinajstić information content (AvgIpc) is 2.69. The lowest BCUT2D eigenvalue weighted by molar-refractivity contribution is 0.0697. The van der Waals surface area contributed by atoms with Crippen molar-refractivity contribution in [3.63, 3.8) is 0 Å². The Bertz CT molecular complexity index is 1450. The monoisotopic (exact) mass is 537 g/mol. The summed E-state index contributed by atoms with van der Waals surface area (Å²) in [5.41, 5.74) is -1.09. The van der Waals surface area contributed by atoms with Crippen molar-refractivity contribution in [3.8, 4) is 0 Å². The minimum absolute atomic E-state index is 0.196. The SMILES string of the molecule is CN(C)c1cccc(S(=O)(=O)O)c1/N=N/c1cc(S(=O)(=O)CCOS(=O)(=O)O)ccc1C(=O)O. The number of nitrogens with zero attached hydrogens (tertiary/aromatic N) is 3. The topological polar surface area (TPSA) is 217 Å². The fourth-order valence-electron chi connectivity index (χ4n) is 2.62. The minimum Gasteiger partial charge on any atom is -0.478 e. The van der Waals surface area contributed by atoms with Crippen molar-refractivity contribution in [2.24, 2.45) is 10.2 Å². The van der Waals surface area contributed by atoms with Gasteiger partial charge in [-0.1, -0.05) is 6.07 Å². The first-order valence-electron chi connectivity index (χ1n) is 8.94. The summed E-state index contributed by atoms with van der Waals surface area (Å²) < 4.78 is 91.7. The van der Waals surface area contributed by atoms with Gasteiger partial charge in [0, 0.05) is 14.1 Å². The normalized spacial score (nSPS) is 12.7. The summed E-state index contributed by atoms with van der Waals surface area (Å²) in [7, 11) is -10.7. The van der Waals surface area contributed by atoms with E-state index in [-0.39, 0.29) is 11.4 Å². The fraction of sp³-hybridized carbons (Fsp3) is 0.235. The maximum atomic E-state index is 12.5. The van der Waals surface area contributed by atoms with Gasteiger partial charge in [-0.15, -0.1) is 10.2 Å². The molecular formula is C17H19N3O11S3. The lowest BCUT2D eigenvalue weighted by Gasteiger charge is -2.16. The maximum Gasteiger partial charge on any atom is 0.397 e. The zero-order valence-electron chi connectivity index (χ0n) is 17.6. The van der Waals surface area contributed by atoms with Crippen molar-refractivity contribution >= 4 is 53.4 Å². The van der Waals surface area contributed by atoms with Crippen molar-refractivity contribution in [3.05, 3.63) is 42.0 Å². The third-order valence-corrected chi connectivity index (χ3v) is 7.16. The second-order valence-corrected chi connectivity index (χ2v) is 11.3. The van der Waals surface area contributed by atoms with E-state index < -0.39 is 69.7 Å². The Hall–Kier alpha value is -2.96. The molecule has 0 saturated heterocycles. The molecule has 0 radical (unpaired) electrons. The summed E-state index contributed by atoms with van der Waals surface area (Å²) in [6.45, 7) is -0.910. The number of azo groups is 1. The summed E-state index contributed by atoms with van der Waals surface area (Å²) in [6.07, 6.45) is 0. The zero-order chi connectivity index (χ0) is 25.9. The zero-order valence-corrected chi connectivity index (χ0v) is 20.0. The van der Waals surface area contributed by atoms with Crippen LogP contribution in [0.2, 0.25) is 0 Å². The number of sulfone groups is 1. The van der Waals surface area contributed by atoms with Gasteiger partial charge in [0.25, 0.3) is 10.1 Å². The van der Waals surface area contributed by atoms with E-state index in [4.69, 9.17) is 4.55 Å². The maximum absolute atomic E-state index is 12.5. The van der Waals surface area contributed by atoms with Crippen LogP contribution in [0.3, 0.4) is 0 Å². The molecule has 0 unspecified atom stereocenters. The molecule has 0 aliphatic rings. The Morgan fingerprint density at radius 1 is 1.00 bits per heavy atom. The second kappa shape index (κ2) is 10.1. The van der Waals surface area contributed by atoms with E-state index in [2.05, 4.69) is 14.4 Å². The van der Waals surface area contributed by atoms with Crippen LogP contribution in [0.15, 0.2) is 56.4 Å². The van der Waals surface area contributed by atoms with Crippen LogP contribution in [0.25, 0.3) is 0 Å². The van der Waals surface area contributed by atoms with Crippen LogP contribution in [0.1, 0.15) is 10.4 Å². The second-order valence-electron chi connectivity index (χ2n) is 6.75. The number of benzene rings is 2. The van der Waals surface area contributed by atoms with E-state index in [1.165, 1.54) is 17.0 Å². The highest BCUT2D eigenvalue weighted by molar-refractivity contribution is 7.91. The molecule has 17 heteroatoms. The average molecular weight is 538 g/mol. The highest BCUT2D eigenvalue weighted by atomic mass is 32.3. The molecule has 2 aromatic rings. The van der Waals surface area contributed by atoms with Crippen LogP contribution in [0.5, 0.6) is 0 Å². The smallest absolute Gasteiger partial charge is 0.397 e. The Morgan fingerprint density at radius 3 is 2.18 bits per heavy atom. The van der Waals surface area contributed by atoms with Crippen LogP contribution in [0, 0.1) is 0 Å². The van der Waals surface area contributed by atoms with Crippen molar-refractivity contribution < 1.29 is 48.4 Å². The molecule has 0 spiro atoms. The number of carbonyl (C=O) groups is 1. The first kappa shape index (κ1) is 27.3. The number of hydrogen-bond donors (Lipinski definition) is 3. The van der Waals surface area contributed by atoms with Gasteiger partial charge in [-0.25, -0.2) is 17.4 Å². The van der Waals surface area contributed by atoms with Gasteiger partial charge in [0.15, 0.2) is 9.84 Å². The van der Waals surface area contributed by atoms with Crippen LogP contribution >= 0.6 is 0 Å². The van der Waals surface area contributed by atoms with E-state index in [9.17, 15) is 39.7 Å². The van der Waals surface area contributed by atoms with Crippen molar-refractivity contribution in [1.29, 1.82) is 0 Å². The highest BCUT2D eigenvalue weighted by Gasteiger charge is 2.22. The van der Waals surface area contributed by atoms with Crippen molar-refractivity contribution in [2.75, 3.05) is 31.4 Å². The van der Waals surface area contributed by atoms with E-state index in [1.54, 1.807) is 14.1 Å². The third kappa shape index (κ3) is 7.02. The van der Waals surface area contributed by atoms with E-state index in [0.717, 1.165) is 24.3 Å². The number of aromatic carboxylic acids is 1.